The van der Waals surface area contributed by atoms with E-state index >= 15 is 0 Å². The number of hydrogen-bond acceptors (Lipinski definition) is 3. The molecule has 0 aromatic rings. The lowest BCUT2D eigenvalue weighted by Gasteiger charge is -2.41. The number of Topliss-reactive ketones (excluding diaryl/α,β-unsaturated/α-hetero) is 2. The van der Waals surface area contributed by atoms with Crippen molar-refractivity contribution in [1.29, 1.82) is 0 Å². The van der Waals surface area contributed by atoms with Crippen LogP contribution in [0.1, 0.15) is 66.2 Å². The molecule has 0 spiro atoms. The maximum absolute atomic E-state index is 13.1. The van der Waals surface area contributed by atoms with Gasteiger partial charge in [0.05, 0.1) is 5.41 Å². The molecule has 0 radical (unpaired) electrons. The van der Waals surface area contributed by atoms with Crippen molar-refractivity contribution < 1.29 is 14.7 Å². The summed E-state index contributed by atoms with van der Waals surface area (Å²) < 4.78 is 0. The summed E-state index contributed by atoms with van der Waals surface area (Å²) in [5.41, 5.74) is 1.34. The molecule has 0 aliphatic heterocycles. The molecule has 0 bridgehead atoms. The fourth-order valence-corrected chi connectivity index (χ4v) is 3.99. The molecule has 118 valence electrons. The van der Waals surface area contributed by atoms with Crippen LogP contribution in [0.2, 0.25) is 0 Å². The molecule has 0 heterocycles. The Kier molecular flexibility index (Phi) is 4.44. The predicted molar refractivity (Wildman–Crippen MR) is 82.9 cm³/mol. The molecule has 21 heavy (non-hydrogen) atoms. The Morgan fingerprint density at radius 2 is 1.90 bits per heavy atom. The van der Waals surface area contributed by atoms with Crippen LogP contribution in [0, 0.1) is 16.7 Å². The number of ketones is 2. The highest BCUT2D eigenvalue weighted by Gasteiger charge is 2.53. The van der Waals surface area contributed by atoms with Crippen LogP contribution < -0.4 is 0 Å². The summed E-state index contributed by atoms with van der Waals surface area (Å²) in [4.78, 5) is 25.6. The number of rotatable bonds is 5. The molecule has 1 saturated carbocycles. The SMILES string of the molecule is CC(C)C1=C2C(=O)[C@](C)(C(=O)CCCO)CC[C@@]2(C)CC1. The number of hydrogen-bond donors (Lipinski definition) is 1. The zero-order valence-corrected chi connectivity index (χ0v) is 13.8. The first kappa shape index (κ1) is 16.4. The Balaban J connectivity index is 2.37. The first-order valence-electron chi connectivity index (χ1n) is 8.19. The van der Waals surface area contributed by atoms with E-state index in [0.717, 1.165) is 24.8 Å². The summed E-state index contributed by atoms with van der Waals surface area (Å²) in [6.45, 7) is 8.29. The van der Waals surface area contributed by atoms with Crippen molar-refractivity contribution in [2.45, 2.75) is 66.2 Å². The van der Waals surface area contributed by atoms with Crippen LogP contribution in [0.4, 0.5) is 0 Å². The van der Waals surface area contributed by atoms with Gasteiger partial charge in [0.25, 0.3) is 0 Å². The van der Waals surface area contributed by atoms with Gasteiger partial charge in [-0.2, -0.15) is 0 Å². The van der Waals surface area contributed by atoms with Gasteiger partial charge in [-0.3, -0.25) is 9.59 Å². The molecule has 2 rings (SSSR count). The van der Waals surface area contributed by atoms with Crippen molar-refractivity contribution in [2.24, 2.45) is 16.7 Å². The molecule has 0 aromatic heterocycles. The van der Waals surface area contributed by atoms with Crippen molar-refractivity contribution in [3.05, 3.63) is 11.1 Å². The topological polar surface area (TPSA) is 54.4 Å². The normalized spacial score (nSPS) is 32.8. The second-order valence-electron chi connectivity index (χ2n) is 7.53. The number of carbonyl (C=O) groups is 2. The highest BCUT2D eigenvalue weighted by atomic mass is 16.3. The lowest BCUT2D eigenvalue weighted by molar-refractivity contribution is -0.141. The maximum atomic E-state index is 13.1. The fraction of sp³-hybridized carbons (Fsp3) is 0.778. The van der Waals surface area contributed by atoms with Crippen LogP contribution in [0.3, 0.4) is 0 Å². The smallest absolute Gasteiger partial charge is 0.172 e. The summed E-state index contributed by atoms with van der Waals surface area (Å²) in [5, 5.41) is 8.92. The number of aliphatic hydroxyl groups is 1. The second-order valence-corrected chi connectivity index (χ2v) is 7.53. The van der Waals surface area contributed by atoms with E-state index < -0.39 is 5.41 Å². The van der Waals surface area contributed by atoms with Crippen LogP contribution in [-0.2, 0) is 9.59 Å². The van der Waals surface area contributed by atoms with Crippen LogP contribution in [0.15, 0.2) is 11.1 Å². The van der Waals surface area contributed by atoms with E-state index in [-0.39, 0.29) is 23.6 Å². The first-order chi connectivity index (χ1) is 9.76. The minimum absolute atomic E-state index is 0.00565. The summed E-state index contributed by atoms with van der Waals surface area (Å²) >= 11 is 0. The average Bonchev–Trinajstić information content (AvgIpc) is 2.79. The largest absolute Gasteiger partial charge is 0.396 e. The molecule has 1 N–H and O–H groups in total. The van der Waals surface area contributed by atoms with Crippen molar-refractivity contribution in [3.8, 4) is 0 Å². The minimum Gasteiger partial charge on any atom is -0.396 e. The third-order valence-electron chi connectivity index (χ3n) is 5.65. The van der Waals surface area contributed by atoms with Gasteiger partial charge >= 0.3 is 0 Å². The van der Waals surface area contributed by atoms with Crippen molar-refractivity contribution in [2.75, 3.05) is 6.61 Å². The van der Waals surface area contributed by atoms with Gasteiger partial charge in [0.15, 0.2) is 5.78 Å². The van der Waals surface area contributed by atoms with Gasteiger partial charge in [-0.05, 0) is 50.4 Å². The molecule has 0 saturated heterocycles. The molecule has 0 amide bonds. The van der Waals surface area contributed by atoms with E-state index in [1.807, 2.05) is 6.92 Å². The molecule has 2 atom stereocenters. The maximum Gasteiger partial charge on any atom is 0.172 e. The second kappa shape index (κ2) is 5.68. The molecule has 1 fully saturated rings. The Morgan fingerprint density at radius 1 is 1.24 bits per heavy atom. The molecule has 3 heteroatoms. The number of aliphatic hydroxyl groups excluding tert-OH is 1. The number of carbonyl (C=O) groups excluding carboxylic acids is 2. The summed E-state index contributed by atoms with van der Waals surface area (Å²) in [6.07, 6.45) is 4.38. The van der Waals surface area contributed by atoms with Crippen molar-refractivity contribution in [1.82, 2.24) is 0 Å². The van der Waals surface area contributed by atoms with Gasteiger partial charge in [-0.15, -0.1) is 0 Å². The molecular weight excluding hydrogens is 264 g/mol. The van der Waals surface area contributed by atoms with Gasteiger partial charge in [0.1, 0.15) is 5.78 Å². The third-order valence-corrected chi connectivity index (χ3v) is 5.65. The summed E-state index contributed by atoms with van der Waals surface area (Å²) in [5.74, 6) is 0.451. The fourth-order valence-electron chi connectivity index (χ4n) is 3.99. The zero-order valence-electron chi connectivity index (χ0n) is 13.8. The molecular formula is C18H28O3. The molecule has 0 aromatic carbocycles. The Morgan fingerprint density at radius 3 is 2.48 bits per heavy atom. The third kappa shape index (κ3) is 2.61. The Labute approximate surface area is 127 Å². The van der Waals surface area contributed by atoms with E-state index in [9.17, 15) is 9.59 Å². The summed E-state index contributed by atoms with van der Waals surface area (Å²) in [7, 11) is 0. The minimum atomic E-state index is -0.867. The molecule has 3 nitrogen and oxygen atoms in total. The van der Waals surface area contributed by atoms with E-state index in [1.165, 1.54) is 5.57 Å². The van der Waals surface area contributed by atoms with Gasteiger partial charge < -0.3 is 5.11 Å². The van der Waals surface area contributed by atoms with Crippen LogP contribution in [0.25, 0.3) is 0 Å². The van der Waals surface area contributed by atoms with Crippen LogP contribution in [0.5, 0.6) is 0 Å². The van der Waals surface area contributed by atoms with Crippen molar-refractivity contribution in [3.63, 3.8) is 0 Å². The lowest BCUT2D eigenvalue weighted by atomic mass is 9.60. The van der Waals surface area contributed by atoms with Crippen LogP contribution in [-0.4, -0.2) is 23.3 Å². The number of fused-ring (bicyclic) bond motifs is 1. The predicted octanol–water partition coefficient (Wildman–Crippen LogP) is 3.45. The monoisotopic (exact) mass is 292 g/mol. The van der Waals surface area contributed by atoms with Crippen LogP contribution >= 0.6 is 0 Å². The van der Waals surface area contributed by atoms with E-state index in [1.54, 1.807) is 0 Å². The lowest BCUT2D eigenvalue weighted by Crippen LogP contribution is -2.45. The van der Waals surface area contributed by atoms with Gasteiger partial charge in [0, 0.05) is 18.6 Å². The van der Waals surface area contributed by atoms with Gasteiger partial charge in [0.2, 0.25) is 0 Å². The first-order valence-corrected chi connectivity index (χ1v) is 8.19. The highest BCUT2D eigenvalue weighted by molar-refractivity contribution is 6.15. The highest BCUT2D eigenvalue weighted by Crippen LogP contribution is 2.56. The molecule has 2 aliphatic carbocycles. The summed E-state index contributed by atoms with van der Waals surface area (Å²) in [6, 6.07) is 0. The van der Waals surface area contributed by atoms with Crippen molar-refractivity contribution >= 4 is 11.6 Å². The molecule has 2 aliphatic rings. The number of allylic oxidation sites excluding steroid dienone is 2. The Hall–Kier alpha value is -0.960. The van der Waals surface area contributed by atoms with Gasteiger partial charge in [-0.25, -0.2) is 0 Å². The van der Waals surface area contributed by atoms with E-state index in [0.29, 0.717) is 25.2 Å². The van der Waals surface area contributed by atoms with E-state index in [2.05, 4.69) is 20.8 Å². The average molecular weight is 292 g/mol. The van der Waals surface area contributed by atoms with Gasteiger partial charge in [-0.1, -0.05) is 26.3 Å². The Bertz CT molecular complexity index is 489. The standard InChI is InChI=1S/C18H28O3/c1-12(2)13-7-8-17(3)9-10-18(4,16(21)15(13)17)14(20)6-5-11-19/h12,19H,5-11H2,1-4H3/t17-,18+/m1/s1. The molecule has 0 unspecified atom stereocenters. The zero-order chi connectivity index (χ0) is 15.8. The quantitative estimate of drug-likeness (QED) is 0.790. The van der Waals surface area contributed by atoms with E-state index in [4.69, 9.17) is 5.11 Å².